The van der Waals surface area contributed by atoms with Gasteiger partial charge in [-0.05, 0) is 18.6 Å². The van der Waals surface area contributed by atoms with Gasteiger partial charge in [0.2, 0.25) is 0 Å². The van der Waals surface area contributed by atoms with Crippen molar-refractivity contribution in [3.8, 4) is 11.3 Å². The van der Waals surface area contributed by atoms with Crippen LogP contribution in [-0.2, 0) is 6.54 Å². The molecule has 0 bridgehead atoms. The largest absolute Gasteiger partial charge is 0.365 e. The van der Waals surface area contributed by atoms with E-state index in [0.717, 1.165) is 30.2 Å². The first-order valence-electron chi connectivity index (χ1n) is 6.09. The molecule has 5 heteroatoms. The van der Waals surface area contributed by atoms with E-state index in [-0.39, 0.29) is 5.56 Å². The number of hydrogen-bond donors (Lipinski definition) is 1. The van der Waals surface area contributed by atoms with Crippen LogP contribution in [0.25, 0.3) is 11.3 Å². The van der Waals surface area contributed by atoms with Gasteiger partial charge in [-0.1, -0.05) is 13.3 Å². The molecule has 0 atom stereocenters. The second kappa shape index (κ2) is 5.82. The van der Waals surface area contributed by atoms with Crippen molar-refractivity contribution >= 4 is 16.5 Å². The van der Waals surface area contributed by atoms with Crippen molar-refractivity contribution in [2.24, 2.45) is 0 Å². The van der Waals surface area contributed by atoms with E-state index in [1.54, 1.807) is 4.57 Å². The highest BCUT2D eigenvalue weighted by atomic mass is 32.1. The molecule has 0 fully saturated rings. The molecule has 0 aromatic carbocycles. The second-order valence-electron chi connectivity index (χ2n) is 4.06. The van der Waals surface area contributed by atoms with Gasteiger partial charge < -0.3 is 9.88 Å². The highest BCUT2D eigenvalue weighted by Gasteiger charge is 2.09. The maximum Gasteiger partial charge on any atom is 0.260 e. The number of nitrogens with one attached hydrogen (secondary N) is 1. The van der Waals surface area contributed by atoms with Gasteiger partial charge >= 0.3 is 0 Å². The number of nitrogens with zero attached hydrogens (tertiary/aromatic N) is 2. The van der Waals surface area contributed by atoms with E-state index in [2.05, 4.69) is 17.2 Å². The van der Waals surface area contributed by atoms with Crippen LogP contribution in [0.3, 0.4) is 0 Å². The van der Waals surface area contributed by atoms with Crippen molar-refractivity contribution in [1.29, 1.82) is 0 Å². The molecule has 2 heterocycles. The summed E-state index contributed by atoms with van der Waals surface area (Å²) in [6, 6.07) is 3.74. The Bertz CT molecular complexity index is 574. The van der Waals surface area contributed by atoms with Crippen molar-refractivity contribution in [3.05, 3.63) is 34.1 Å². The summed E-state index contributed by atoms with van der Waals surface area (Å²) in [5.41, 5.74) is 1.46. The number of hydrogen-bond acceptors (Lipinski definition) is 4. The number of rotatable bonds is 5. The maximum atomic E-state index is 12.3. The van der Waals surface area contributed by atoms with E-state index in [9.17, 15) is 4.79 Å². The van der Waals surface area contributed by atoms with Gasteiger partial charge in [0, 0.05) is 25.2 Å². The molecule has 0 aliphatic rings. The number of anilines is 1. The van der Waals surface area contributed by atoms with E-state index < -0.39 is 0 Å². The summed E-state index contributed by atoms with van der Waals surface area (Å²) in [5.74, 6) is 0. The maximum absolute atomic E-state index is 12.3. The first-order chi connectivity index (χ1) is 8.76. The molecular formula is C13H17N3OS. The van der Waals surface area contributed by atoms with Gasteiger partial charge in [-0.25, -0.2) is 4.98 Å². The van der Waals surface area contributed by atoms with Crippen molar-refractivity contribution < 1.29 is 0 Å². The molecule has 4 nitrogen and oxygen atoms in total. The number of pyridine rings is 1. The molecule has 0 radical (unpaired) electrons. The molecule has 2 rings (SSSR count). The van der Waals surface area contributed by atoms with Crippen molar-refractivity contribution in [3.63, 3.8) is 0 Å². The molecule has 0 saturated heterocycles. The zero-order valence-electron chi connectivity index (χ0n) is 10.6. The van der Waals surface area contributed by atoms with Crippen LogP contribution in [0.1, 0.15) is 19.8 Å². The Morgan fingerprint density at radius 1 is 1.50 bits per heavy atom. The van der Waals surface area contributed by atoms with Gasteiger partial charge in [0.1, 0.15) is 0 Å². The summed E-state index contributed by atoms with van der Waals surface area (Å²) in [4.78, 5) is 16.7. The zero-order valence-corrected chi connectivity index (χ0v) is 11.5. The number of unbranched alkanes of at least 4 members (excludes halogenated alkanes) is 1. The molecule has 0 amide bonds. The summed E-state index contributed by atoms with van der Waals surface area (Å²) in [6.07, 6.45) is 3.94. The third-order valence-corrected chi connectivity index (χ3v) is 3.63. The third-order valence-electron chi connectivity index (χ3n) is 2.77. The number of aryl methyl sites for hydroxylation is 1. The van der Waals surface area contributed by atoms with Gasteiger partial charge in [0.15, 0.2) is 5.13 Å². The lowest BCUT2D eigenvalue weighted by atomic mass is 10.2. The quantitative estimate of drug-likeness (QED) is 0.902. The van der Waals surface area contributed by atoms with E-state index >= 15 is 0 Å². The van der Waals surface area contributed by atoms with E-state index in [0.29, 0.717) is 5.56 Å². The Hall–Kier alpha value is -1.62. The lowest BCUT2D eigenvalue weighted by Crippen LogP contribution is -2.20. The SMILES string of the molecule is CCCCn1cccc(-c2csc(NC)n2)c1=O. The Balaban J connectivity index is 2.36. The third kappa shape index (κ3) is 2.61. The number of thiazole rings is 1. The van der Waals surface area contributed by atoms with Gasteiger partial charge in [-0.3, -0.25) is 4.79 Å². The Morgan fingerprint density at radius 3 is 3.00 bits per heavy atom. The summed E-state index contributed by atoms with van der Waals surface area (Å²) in [7, 11) is 1.83. The molecule has 0 unspecified atom stereocenters. The highest BCUT2D eigenvalue weighted by molar-refractivity contribution is 7.14. The summed E-state index contributed by atoms with van der Waals surface area (Å²) >= 11 is 1.51. The van der Waals surface area contributed by atoms with Crippen LogP contribution in [-0.4, -0.2) is 16.6 Å². The molecule has 2 aromatic heterocycles. The smallest absolute Gasteiger partial charge is 0.260 e. The normalized spacial score (nSPS) is 10.6. The Labute approximate surface area is 110 Å². The van der Waals surface area contributed by atoms with Crippen LogP contribution in [0.2, 0.25) is 0 Å². The summed E-state index contributed by atoms with van der Waals surface area (Å²) in [5, 5.41) is 5.72. The van der Waals surface area contributed by atoms with E-state index in [1.807, 2.05) is 30.8 Å². The van der Waals surface area contributed by atoms with Crippen LogP contribution in [0, 0.1) is 0 Å². The number of aromatic nitrogens is 2. The minimum atomic E-state index is 0.0407. The fourth-order valence-electron chi connectivity index (χ4n) is 1.75. The summed E-state index contributed by atoms with van der Waals surface area (Å²) in [6.45, 7) is 2.89. The average Bonchev–Trinajstić information content (AvgIpc) is 2.86. The van der Waals surface area contributed by atoms with Gasteiger partial charge in [0.25, 0.3) is 5.56 Å². The molecule has 0 aliphatic carbocycles. The van der Waals surface area contributed by atoms with E-state index in [1.165, 1.54) is 11.3 Å². The molecular weight excluding hydrogens is 246 g/mol. The Kier molecular flexibility index (Phi) is 4.15. The second-order valence-corrected chi connectivity index (χ2v) is 4.92. The predicted molar refractivity (Wildman–Crippen MR) is 76.3 cm³/mol. The standard InChI is InChI=1S/C13H17N3OS/c1-3-4-7-16-8-5-6-10(12(16)17)11-9-18-13(14-2)15-11/h5-6,8-9H,3-4,7H2,1-2H3,(H,14,15). The molecule has 96 valence electrons. The first kappa shape index (κ1) is 12.8. The monoisotopic (exact) mass is 263 g/mol. The van der Waals surface area contributed by atoms with Crippen LogP contribution >= 0.6 is 11.3 Å². The van der Waals surface area contributed by atoms with Crippen molar-refractivity contribution in [2.75, 3.05) is 12.4 Å². The Morgan fingerprint density at radius 2 is 2.33 bits per heavy atom. The molecule has 0 aliphatic heterocycles. The van der Waals surface area contributed by atoms with E-state index in [4.69, 9.17) is 0 Å². The fraction of sp³-hybridized carbons (Fsp3) is 0.385. The minimum absolute atomic E-state index is 0.0407. The molecule has 0 spiro atoms. The van der Waals surface area contributed by atoms with Crippen LogP contribution in [0.5, 0.6) is 0 Å². The first-order valence-corrected chi connectivity index (χ1v) is 6.97. The summed E-state index contributed by atoms with van der Waals surface area (Å²) < 4.78 is 1.76. The van der Waals surface area contributed by atoms with Crippen molar-refractivity contribution in [2.45, 2.75) is 26.3 Å². The van der Waals surface area contributed by atoms with Crippen molar-refractivity contribution in [1.82, 2.24) is 9.55 Å². The van der Waals surface area contributed by atoms with Crippen LogP contribution < -0.4 is 10.9 Å². The fourth-order valence-corrected chi connectivity index (χ4v) is 2.42. The topological polar surface area (TPSA) is 46.9 Å². The average molecular weight is 263 g/mol. The van der Waals surface area contributed by atoms with Gasteiger partial charge in [-0.15, -0.1) is 11.3 Å². The van der Waals surface area contributed by atoms with Crippen LogP contribution in [0.15, 0.2) is 28.5 Å². The lowest BCUT2D eigenvalue weighted by Gasteiger charge is -2.05. The lowest BCUT2D eigenvalue weighted by molar-refractivity contribution is 0.614. The minimum Gasteiger partial charge on any atom is -0.365 e. The van der Waals surface area contributed by atoms with Gasteiger partial charge in [-0.2, -0.15) is 0 Å². The van der Waals surface area contributed by atoms with Crippen LogP contribution in [0.4, 0.5) is 5.13 Å². The molecule has 2 aromatic rings. The molecule has 0 saturated carbocycles. The van der Waals surface area contributed by atoms with Gasteiger partial charge in [0.05, 0.1) is 11.3 Å². The highest BCUT2D eigenvalue weighted by Crippen LogP contribution is 2.21. The zero-order chi connectivity index (χ0) is 13.0. The molecule has 1 N–H and O–H groups in total. The predicted octanol–water partition coefficient (Wildman–Crippen LogP) is 2.81. The molecule has 18 heavy (non-hydrogen) atoms.